The van der Waals surface area contributed by atoms with Crippen molar-refractivity contribution < 1.29 is 14.0 Å². The Morgan fingerprint density at radius 2 is 1.61 bits per heavy atom. The van der Waals surface area contributed by atoms with Crippen LogP contribution >= 0.6 is 15.9 Å². The van der Waals surface area contributed by atoms with Gasteiger partial charge in [-0.1, -0.05) is 48.8 Å². The van der Waals surface area contributed by atoms with E-state index in [0.29, 0.717) is 16.5 Å². The van der Waals surface area contributed by atoms with E-state index in [0.717, 1.165) is 0 Å². The smallest absolute Gasteiger partial charge is 0.261 e. The van der Waals surface area contributed by atoms with Gasteiger partial charge in [0.2, 0.25) is 0 Å². The number of benzene rings is 1. The van der Waals surface area contributed by atoms with Crippen LogP contribution in [0.1, 0.15) is 41.5 Å². The summed E-state index contributed by atoms with van der Waals surface area (Å²) in [6.07, 6.45) is -0.196. The maximum atomic E-state index is 12.5. The lowest BCUT2D eigenvalue weighted by Gasteiger charge is -2.39. The van der Waals surface area contributed by atoms with Gasteiger partial charge in [-0.3, -0.25) is 14.5 Å². The number of alkyl halides is 1. The molecule has 6 heteroatoms. The Bertz CT molecular complexity index is 590. The van der Waals surface area contributed by atoms with E-state index in [4.69, 9.17) is 4.43 Å². The van der Waals surface area contributed by atoms with Gasteiger partial charge in [0.1, 0.15) is 0 Å². The molecule has 0 bridgehead atoms. The normalized spacial score (nSPS) is 16.7. The first kappa shape index (κ1) is 18.4. The van der Waals surface area contributed by atoms with Gasteiger partial charge in [-0.05, 0) is 30.3 Å². The zero-order chi connectivity index (χ0) is 17.4. The number of halogens is 1. The van der Waals surface area contributed by atoms with E-state index in [1.54, 1.807) is 24.3 Å². The van der Waals surface area contributed by atoms with E-state index in [-0.39, 0.29) is 29.5 Å². The predicted octanol–water partition coefficient (Wildman–Crippen LogP) is 4.07. The topological polar surface area (TPSA) is 46.6 Å². The Morgan fingerprint density at radius 3 is 2.00 bits per heavy atom. The molecule has 0 saturated carbocycles. The molecule has 1 atom stereocenters. The lowest BCUT2D eigenvalue weighted by atomic mass is 10.1. The molecule has 0 spiro atoms. The predicted molar refractivity (Wildman–Crippen MR) is 97.7 cm³/mol. The van der Waals surface area contributed by atoms with Crippen LogP contribution < -0.4 is 0 Å². The average molecular weight is 398 g/mol. The summed E-state index contributed by atoms with van der Waals surface area (Å²) in [4.78, 5) is 26.2. The molecule has 0 saturated heterocycles. The Balaban J connectivity index is 2.15. The highest BCUT2D eigenvalue weighted by Crippen LogP contribution is 2.37. The highest BCUT2D eigenvalue weighted by Gasteiger charge is 2.41. The van der Waals surface area contributed by atoms with Gasteiger partial charge in [-0.15, -0.1) is 0 Å². The van der Waals surface area contributed by atoms with Crippen molar-refractivity contribution in [2.24, 2.45) is 0 Å². The lowest BCUT2D eigenvalue weighted by molar-refractivity contribution is 0.0578. The third-order valence-electron chi connectivity index (χ3n) is 4.70. The average Bonchev–Trinajstić information content (AvgIpc) is 2.70. The first-order valence-corrected chi connectivity index (χ1v) is 11.8. The van der Waals surface area contributed by atoms with Crippen molar-refractivity contribution in [3.05, 3.63) is 35.4 Å². The van der Waals surface area contributed by atoms with E-state index < -0.39 is 8.32 Å². The molecule has 0 N–H and O–H groups in total. The number of hydrogen-bond acceptors (Lipinski definition) is 3. The van der Waals surface area contributed by atoms with Crippen molar-refractivity contribution in [1.82, 2.24) is 4.90 Å². The van der Waals surface area contributed by atoms with Crippen molar-refractivity contribution >= 4 is 36.1 Å². The van der Waals surface area contributed by atoms with Gasteiger partial charge >= 0.3 is 0 Å². The van der Waals surface area contributed by atoms with E-state index in [2.05, 4.69) is 49.8 Å². The van der Waals surface area contributed by atoms with E-state index >= 15 is 0 Å². The van der Waals surface area contributed by atoms with Gasteiger partial charge < -0.3 is 4.43 Å². The summed E-state index contributed by atoms with van der Waals surface area (Å²) in [5.41, 5.74) is 0.969. The third kappa shape index (κ3) is 3.59. The molecule has 0 aliphatic carbocycles. The Labute approximate surface area is 147 Å². The fourth-order valence-electron chi connectivity index (χ4n) is 2.32. The minimum absolute atomic E-state index is 0.0788. The van der Waals surface area contributed by atoms with Gasteiger partial charge in [0.25, 0.3) is 11.8 Å². The second-order valence-electron chi connectivity index (χ2n) is 7.42. The van der Waals surface area contributed by atoms with Gasteiger partial charge in [-0.2, -0.15) is 0 Å². The summed E-state index contributed by atoms with van der Waals surface area (Å²) < 4.78 is 6.35. The lowest BCUT2D eigenvalue weighted by Crippen LogP contribution is -2.48. The molecule has 4 nitrogen and oxygen atoms in total. The zero-order valence-corrected chi connectivity index (χ0v) is 16.9. The van der Waals surface area contributed by atoms with Crippen molar-refractivity contribution in [3.63, 3.8) is 0 Å². The Kier molecular flexibility index (Phi) is 5.18. The first-order valence-electron chi connectivity index (χ1n) is 7.77. The summed E-state index contributed by atoms with van der Waals surface area (Å²) in [6, 6.07) is 6.96. The van der Waals surface area contributed by atoms with Crippen molar-refractivity contribution in [1.29, 1.82) is 0 Å². The molecule has 0 aromatic heterocycles. The second-order valence-corrected chi connectivity index (χ2v) is 12.8. The summed E-state index contributed by atoms with van der Waals surface area (Å²) in [5, 5.41) is 0.669. The molecule has 2 amide bonds. The molecule has 1 aliphatic rings. The minimum Gasteiger partial charge on any atom is -0.411 e. The van der Waals surface area contributed by atoms with Crippen LogP contribution in [0, 0.1) is 0 Å². The van der Waals surface area contributed by atoms with Crippen LogP contribution in [0.2, 0.25) is 18.1 Å². The number of carbonyl (C=O) groups is 2. The molecule has 0 radical (unpaired) electrons. The van der Waals surface area contributed by atoms with Crippen LogP contribution in [0.25, 0.3) is 0 Å². The second kappa shape index (κ2) is 6.49. The maximum Gasteiger partial charge on any atom is 0.261 e. The number of nitrogens with zero attached hydrogens (tertiary/aromatic N) is 1. The zero-order valence-electron chi connectivity index (χ0n) is 14.4. The highest BCUT2D eigenvalue weighted by molar-refractivity contribution is 9.09. The number of imide groups is 1. The van der Waals surface area contributed by atoms with Crippen LogP contribution in [0.4, 0.5) is 0 Å². The molecule has 1 unspecified atom stereocenters. The summed E-state index contributed by atoms with van der Waals surface area (Å²) in [5.74, 6) is -0.453. The molecule has 23 heavy (non-hydrogen) atoms. The van der Waals surface area contributed by atoms with Crippen LogP contribution in [0.15, 0.2) is 24.3 Å². The summed E-state index contributed by atoms with van der Waals surface area (Å²) >= 11 is 3.47. The van der Waals surface area contributed by atoms with E-state index in [1.807, 2.05) is 0 Å². The molecular weight excluding hydrogens is 374 g/mol. The number of rotatable bonds is 5. The molecule has 1 heterocycles. The highest BCUT2D eigenvalue weighted by atomic mass is 79.9. The number of hydrogen-bond donors (Lipinski definition) is 0. The van der Waals surface area contributed by atoms with E-state index in [9.17, 15) is 9.59 Å². The molecule has 0 fully saturated rings. The fraction of sp³-hybridized carbons (Fsp3) is 0.529. The minimum atomic E-state index is -1.96. The molecule has 1 aromatic carbocycles. The molecule has 1 aliphatic heterocycles. The quantitative estimate of drug-likeness (QED) is 0.427. The molecule has 1 aromatic rings. The Hall–Kier alpha value is -0.983. The SMILES string of the molecule is CC(C)(C)[Si](C)(C)OC(CBr)CN1C(=O)c2ccccc2C1=O. The summed E-state index contributed by atoms with van der Waals surface area (Å²) in [7, 11) is -1.96. The first-order chi connectivity index (χ1) is 10.6. The van der Waals surface area contributed by atoms with Crippen LogP contribution in [-0.4, -0.2) is 43.0 Å². The van der Waals surface area contributed by atoms with Crippen LogP contribution in [-0.2, 0) is 4.43 Å². The largest absolute Gasteiger partial charge is 0.411 e. The number of carbonyl (C=O) groups excluding carboxylic acids is 2. The molecule has 126 valence electrons. The van der Waals surface area contributed by atoms with Crippen molar-refractivity contribution in [3.8, 4) is 0 Å². The van der Waals surface area contributed by atoms with Gasteiger partial charge in [0.05, 0.1) is 23.8 Å². The van der Waals surface area contributed by atoms with Crippen LogP contribution in [0.5, 0.6) is 0 Å². The van der Waals surface area contributed by atoms with Crippen molar-refractivity contribution in [2.75, 3.05) is 11.9 Å². The monoisotopic (exact) mass is 397 g/mol. The van der Waals surface area contributed by atoms with Gasteiger partial charge in [0, 0.05) is 5.33 Å². The van der Waals surface area contributed by atoms with Crippen LogP contribution in [0.3, 0.4) is 0 Å². The number of fused-ring (bicyclic) bond motifs is 1. The third-order valence-corrected chi connectivity index (χ3v) is 9.96. The molecular formula is C17H24BrNO3Si. The Morgan fingerprint density at radius 1 is 1.13 bits per heavy atom. The van der Waals surface area contributed by atoms with E-state index in [1.165, 1.54) is 4.90 Å². The fourth-order valence-corrected chi connectivity index (χ4v) is 4.25. The summed E-state index contributed by atoms with van der Waals surface area (Å²) in [6.45, 7) is 11.1. The standard InChI is InChI=1S/C17H24BrNO3Si/c1-17(2,3)23(4,5)22-12(10-18)11-19-15(20)13-8-6-7-9-14(13)16(19)21/h6-9,12H,10-11H2,1-5H3. The van der Waals surface area contributed by atoms with Gasteiger partial charge in [0.15, 0.2) is 8.32 Å². The van der Waals surface area contributed by atoms with Gasteiger partial charge in [-0.25, -0.2) is 0 Å². The number of amides is 2. The molecule has 2 rings (SSSR count). The van der Waals surface area contributed by atoms with Crippen molar-refractivity contribution in [2.45, 2.75) is 45.0 Å². The maximum absolute atomic E-state index is 12.5.